The van der Waals surface area contributed by atoms with E-state index in [1.807, 2.05) is 11.0 Å². The lowest BCUT2D eigenvalue weighted by atomic mass is 10.0. The van der Waals surface area contributed by atoms with Crippen molar-refractivity contribution >= 4 is 16.8 Å². The first-order chi connectivity index (χ1) is 8.79. The van der Waals surface area contributed by atoms with Gasteiger partial charge < -0.3 is 14.6 Å². The number of fused-ring (bicyclic) bond motifs is 3. The summed E-state index contributed by atoms with van der Waals surface area (Å²) in [6.45, 7) is 1.60. The lowest BCUT2D eigenvalue weighted by Gasteiger charge is -2.26. The minimum Gasteiger partial charge on any atom is -0.375 e. The van der Waals surface area contributed by atoms with Crippen LogP contribution in [0.4, 0.5) is 0 Å². The van der Waals surface area contributed by atoms with Crippen molar-refractivity contribution in [3.63, 3.8) is 0 Å². The van der Waals surface area contributed by atoms with Gasteiger partial charge in [-0.2, -0.15) is 0 Å². The Morgan fingerprint density at radius 3 is 3.11 bits per heavy atom. The molecule has 0 radical (unpaired) electrons. The summed E-state index contributed by atoms with van der Waals surface area (Å²) in [5.41, 5.74) is 3.67. The number of nitrogens with one attached hydrogen (secondary N) is 1. The number of para-hydroxylation sites is 1. The lowest BCUT2D eigenvalue weighted by Crippen LogP contribution is -2.37. The van der Waals surface area contributed by atoms with E-state index in [2.05, 4.69) is 23.2 Å². The number of methoxy groups -OCH3 is 1. The van der Waals surface area contributed by atoms with Gasteiger partial charge in [0.1, 0.15) is 6.61 Å². The summed E-state index contributed by atoms with van der Waals surface area (Å²) >= 11 is 0. The fraction of sp³-hybridized carbons (Fsp3) is 0.357. The number of ether oxygens (including phenoxy) is 1. The van der Waals surface area contributed by atoms with Gasteiger partial charge in [-0.05, 0) is 18.1 Å². The molecule has 2 aromatic rings. The maximum atomic E-state index is 11.8. The number of benzene rings is 1. The molecule has 1 amide bonds. The molecule has 4 heteroatoms. The Hall–Kier alpha value is -1.81. The van der Waals surface area contributed by atoms with Crippen molar-refractivity contribution in [2.75, 3.05) is 20.3 Å². The summed E-state index contributed by atoms with van der Waals surface area (Å²) in [5.74, 6) is 0.0572. The summed E-state index contributed by atoms with van der Waals surface area (Å²) in [6, 6.07) is 8.29. The molecule has 0 aliphatic carbocycles. The molecule has 2 heterocycles. The summed E-state index contributed by atoms with van der Waals surface area (Å²) in [4.78, 5) is 17.1. The third-order valence-corrected chi connectivity index (χ3v) is 3.50. The number of H-pyrrole nitrogens is 1. The molecule has 1 aliphatic heterocycles. The predicted molar refractivity (Wildman–Crippen MR) is 69.3 cm³/mol. The van der Waals surface area contributed by atoms with Crippen molar-refractivity contribution in [3.8, 4) is 0 Å². The van der Waals surface area contributed by atoms with Crippen LogP contribution in [0.25, 0.3) is 10.9 Å². The number of aromatic nitrogens is 1. The van der Waals surface area contributed by atoms with E-state index in [0.717, 1.165) is 24.2 Å². The maximum absolute atomic E-state index is 11.8. The zero-order valence-electron chi connectivity index (χ0n) is 10.4. The van der Waals surface area contributed by atoms with Crippen molar-refractivity contribution in [2.24, 2.45) is 0 Å². The second-order valence-corrected chi connectivity index (χ2v) is 4.63. The number of amides is 1. The first-order valence-corrected chi connectivity index (χ1v) is 6.15. The minimum absolute atomic E-state index is 0.0572. The highest BCUT2D eigenvalue weighted by molar-refractivity contribution is 5.85. The Kier molecular flexibility index (Phi) is 2.80. The third-order valence-electron chi connectivity index (χ3n) is 3.50. The van der Waals surface area contributed by atoms with Gasteiger partial charge >= 0.3 is 0 Å². The van der Waals surface area contributed by atoms with Crippen molar-refractivity contribution in [1.82, 2.24) is 9.88 Å². The van der Waals surface area contributed by atoms with Gasteiger partial charge in [-0.15, -0.1) is 0 Å². The molecule has 18 heavy (non-hydrogen) atoms. The van der Waals surface area contributed by atoms with E-state index in [-0.39, 0.29) is 12.5 Å². The normalized spacial score (nSPS) is 14.8. The first-order valence-electron chi connectivity index (χ1n) is 6.15. The van der Waals surface area contributed by atoms with Crippen LogP contribution in [0.15, 0.2) is 24.3 Å². The van der Waals surface area contributed by atoms with E-state index in [0.29, 0.717) is 6.54 Å². The molecule has 0 saturated heterocycles. The molecule has 3 rings (SSSR count). The second kappa shape index (κ2) is 4.46. The van der Waals surface area contributed by atoms with Crippen LogP contribution in [0.3, 0.4) is 0 Å². The van der Waals surface area contributed by atoms with E-state index in [9.17, 15) is 4.79 Å². The summed E-state index contributed by atoms with van der Waals surface area (Å²) in [7, 11) is 1.55. The molecule has 0 unspecified atom stereocenters. The van der Waals surface area contributed by atoms with Gasteiger partial charge in [-0.1, -0.05) is 18.2 Å². The number of aromatic amines is 1. The van der Waals surface area contributed by atoms with Crippen LogP contribution in [0.2, 0.25) is 0 Å². The molecule has 1 N–H and O–H groups in total. The maximum Gasteiger partial charge on any atom is 0.248 e. The fourth-order valence-corrected chi connectivity index (χ4v) is 2.62. The average molecular weight is 244 g/mol. The van der Waals surface area contributed by atoms with Crippen molar-refractivity contribution in [2.45, 2.75) is 13.0 Å². The number of hydrogen-bond donors (Lipinski definition) is 1. The Labute approximate surface area is 106 Å². The molecular weight excluding hydrogens is 228 g/mol. The Bertz CT molecular complexity index is 588. The van der Waals surface area contributed by atoms with Crippen LogP contribution < -0.4 is 0 Å². The quantitative estimate of drug-likeness (QED) is 0.874. The average Bonchev–Trinajstić information content (AvgIpc) is 2.76. The molecule has 94 valence electrons. The lowest BCUT2D eigenvalue weighted by molar-refractivity contribution is -0.136. The van der Waals surface area contributed by atoms with Crippen molar-refractivity contribution < 1.29 is 9.53 Å². The standard InChI is InChI=1S/C14H16N2O2/c1-18-9-14(17)16-7-6-11-10-4-2-3-5-12(10)15-13(11)8-16/h2-5,15H,6-9H2,1H3. The Balaban J connectivity index is 1.91. The van der Waals surface area contributed by atoms with Gasteiger partial charge in [0.2, 0.25) is 5.91 Å². The molecule has 0 fully saturated rings. The highest BCUT2D eigenvalue weighted by Crippen LogP contribution is 2.27. The van der Waals surface area contributed by atoms with E-state index in [1.54, 1.807) is 7.11 Å². The molecule has 4 nitrogen and oxygen atoms in total. The Morgan fingerprint density at radius 2 is 2.28 bits per heavy atom. The predicted octanol–water partition coefficient (Wildman–Crippen LogP) is 1.70. The van der Waals surface area contributed by atoms with E-state index < -0.39 is 0 Å². The zero-order valence-corrected chi connectivity index (χ0v) is 10.4. The molecule has 0 saturated carbocycles. The number of nitrogens with zero attached hydrogens (tertiary/aromatic N) is 1. The van der Waals surface area contributed by atoms with Crippen LogP contribution in [-0.2, 0) is 22.5 Å². The summed E-state index contributed by atoms with van der Waals surface area (Å²) in [5, 5.41) is 1.28. The SMILES string of the molecule is COCC(=O)N1CCc2c([nH]c3ccccc23)C1. The van der Waals surface area contributed by atoms with Gasteiger partial charge in [0.05, 0.1) is 6.54 Å². The van der Waals surface area contributed by atoms with Crippen molar-refractivity contribution in [3.05, 3.63) is 35.5 Å². The fourth-order valence-electron chi connectivity index (χ4n) is 2.62. The molecule has 1 aromatic carbocycles. The van der Waals surface area contributed by atoms with E-state index >= 15 is 0 Å². The highest BCUT2D eigenvalue weighted by atomic mass is 16.5. The van der Waals surface area contributed by atoms with Gasteiger partial charge in [-0.3, -0.25) is 4.79 Å². The minimum atomic E-state index is 0.0572. The van der Waals surface area contributed by atoms with Gasteiger partial charge in [0.25, 0.3) is 0 Å². The largest absolute Gasteiger partial charge is 0.375 e. The summed E-state index contributed by atoms with van der Waals surface area (Å²) in [6.07, 6.45) is 0.912. The third kappa shape index (κ3) is 1.78. The van der Waals surface area contributed by atoms with Gasteiger partial charge in [0.15, 0.2) is 0 Å². The smallest absolute Gasteiger partial charge is 0.248 e. The van der Waals surface area contributed by atoms with Crippen LogP contribution in [0.1, 0.15) is 11.3 Å². The molecule has 1 aliphatic rings. The second-order valence-electron chi connectivity index (χ2n) is 4.63. The number of rotatable bonds is 2. The number of hydrogen-bond acceptors (Lipinski definition) is 2. The number of carbonyl (C=O) groups is 1. The van der Waals surface area contributed by atoms with E-state index in [1.165, 1.54) is 10.9 Å². The highest BCUT2D eigenvalue weighted by Gasteiger charge is 2.23. The molecular formula is C14H16N2O2. The molecule has 0 bridgehead atoms. The molecule has 1 aromatic heterocycles. The summed E-state index contributed by atoms with van der Waals surface area (Å²) < 4.78 is 4.90. The van der Waals surface area contributed by atoms with Crippen LogP contribution in [0.5, 0.6) is 0 Å². The van der Waals surface area contributed by atoms with Crippen LogP contribution in [0, 0.1) is 0 Å². The van der Waals surface area contributed by atoms with Crippen LogP contribution >= 0.6 is 0 Å². The van der Waals surface area contributed by atoms with Gasteiger partial charge in [-0.25, -0.2) is 0 Å². The molecule has 0 spiro atoms. The Morgan fingerprint density at radius 1 is 1.44 bits per heavy atom. The van der Waals surface area contributed by atoms with E-state index in [4.69, 9.17) is 4.74 Å². The molecule has 0 atom stereocenters. The van der Waals surface area contributed by atoms with Gasteiger partial charge in [0, 0.05) is 30.3 Å². The van der Waals surface area contributed by atoms with Crippen molar-refractivity contribution in [1.29, 1.82) is 0 Å². The first kappa shape index (κ1) is 11.3. The zero-order chi connectivity index (χ0) is 12.5. The van der Waals surface area contributed by atoms with Crippen LogP contribution in [-0.4, -0.2) is 36.1 Å². The topological polar surface area (TPSA) is 45.3 Å². The number of carbonyl (C=O) groups excluding carboxylic acids is 1. The monoisotopic (exact) mass is 244 g/mol.